The standard InChI is InChI=1S/C12H14FNO2S/c1-8-7-17-6-5-14(8)11-9(12(15)16)3-2-4-10(11)13/h2-4,8H,5-7H2,1H3,(H,15,16). The Labute approximate surface area is 104 Å². The molecule has 0 aliphatic carbocycles. The van der Waals surface area contributed by atoms with Gasteiger partial charge in [0.1, 0.15) is 5.82 Å². The minimum atomic E-state index is -1.08. The van der Waals surface area contributed by atoms with Crippen LogP contribution in [0.4, 0.5) is 10.1 Å². The molecule has 0 amide bonds. The van der Waals surface area contributed by atoms with Gasteiger partial charge in [-0.1, -0.05) is 6.07 Å². The lowest BCUT2D eigenvalue weighted by atomic mass is 10.1. The van der Waals surface area contributed by atoms with Crippen LogP contribution in [0, 0.1) is 5.82 Å². The van der Waals surface area contributed by atoms with Gasteiger partial charge in [0.05, 0.1) is 11.3 Å². The lowest BCUT2D eigenvalue weighted by Crippen LogP contribution is -2.41. The van der Waals surface area contributed by atoms with E-state index in [1.807, 2.05) is 23.6 Å². The predicted molar refractivity (Wildman–Crippen MR) is 67.5 cm³/mol. The Morgan fingerprint density at radius 1 is 1.59 bits per heavy atom. The molecule has 1 saturated heterocycles. The Bertz CT molecular complexity index is 439. The maximum absolute atomic E-state index is 13.9. The van der Waals surface area contributed by atoms with Gasteiger partial charge >= 0.3 is 5.97 Å². The van der Waals surface area contributed by atoms with Gasteiger partial charge < -0.3 is 10.0 Å². The molecule has 1 fully saturated rings. The summed E-state index contributed by atoms with van der Waals surface area (Å²) in [6, 6.07) is 4.36. The van der Waals surface area contributed by atoms with E-state index in [0.717, 1.165) is 11.5 Å². The van der Waals surface area contributed by atoms with Gasteiger partial charge in [-0.25, -0.2) is 9.18 Å². The minimum absolute atomic E-state index is 0.0451. The number of hydrogen-bond donors (Lipinski definition) is 1. The summed E-state index contributed by atoms with van der Waals surface area (Å²) in [6.07, 6.45) is 0. The van der Waals surface area contributed by atoms with Gasteiger partial charge in [0.15, 0.2) is 0 Å². The van der Waals surface area contributed by atoms with Crippen molar-refractivity contribution in [2.75, 3.05) is 23.0 Å². The van der Waals surface area contributed by atoms with Crippen LogP contribution in [0.5, 0.6) is 0 Å². The van der Waals surface area contributed by atoms with Crippen molar-refractivity contribution in [1.29, 1.82) is 0 Å². The van der Waals surface area contributed by atoms with E-state index < -0.39 is 11.8 Å². The highest BCUT2D eigenvalue weighted by atomic mass is 32.2. The third-order valence-electron chi connectivity index (χ3n) is 2.87. The Morgan fingerprint density at radius 3 is 3.00 bits per heavy atom. The number of thioether (sulfide) groups is 1. The molecule has 1 aliphatic rings. The first kappa shape index (κ1) is 12.2. The van der Waals surface area contributed by atoms with Gasteiger partial charge in [0, 0.05) is 24.1 Å². The molecule has 1 unspecified atom stereocenters. The summed E-state index contributed by atoms with van der Waals surface area (Å²) in [4.78, 5) is 13.0. The Morgan fingerprint density at radius 2 is 2.35 bits per heavy atom. The van der Waals surface area contributed by atoms with Crippen LogP contribution in [0.15, 0.2) is 18.2 Å². The normalized spacial score (nSPS) is 20.4. The van der Waals surface area contributed by atoms with E-state index in [-0.39, 0.29) is 17.3 Å². The van der Waals surface area contributed by atoms with E-state index in [9.17, 15) is 9.18 Å². The van der Waals surface area contributed by atoms with Gasteiger partial charge in [-0.05, 0) is 19.1 Å². The number of para-hydroxylation sites is 1. The van der Waals surface area contributed by atoms with Crippen molar-refractivity contribution >= 4 is 23.4 Å². The maximum Gasteiger partial charge on any atom is 0.337 e. The highest BCUT2D eigenvalue weighted by Crippen LogP contribution is 2.29. The van der Waals surface area contributed by atoms with Crippen molar-refractivity contribution in [3.63, 3.8) is 0 Å². The van der Waals surface area contributed by atoms with Crippen molar-refractivity contribution in [2.45, 2.75) is 13.0 Å². The number of carboxylic acid groups (broad SMARTS) is 1. The van der Waals surface area contributed by atoms with E-state index in [1.165, 1.54) is 18.2 Å². The largest absolute Gasteiger partial charge is 0.478 e. The molecule has 0 aromatic heterocycles. The Hall–Kier alpha value is -1.23. The first-order valence-corrected chi connectivity index (χ1v) is 6.63. The lowest BCUT2D eigenvalue weighted by Gasteiger charge is -2.35. The van der Waals surface area contributed by atoms with Crippen LogP contribution in [0.25, 0.3) is 0 Å². The first-order valence-electron chi connectivity index (χ1n) is 5.47. The number of benzene rings is 1. The molecule has 0 bridgehead atoms. The maximum atomic E-state index is 13.9. The highest BCUT2D eigenvalue weighted by Gasteiger charge is 2.26. The summed E-state index contributed by atoms with van der Waals surface area (Å²) in [5, 5.41) is 9.11. The molecule has 17 heavy (non-hydrogen) atoms. The van der Waals surface area contributed by atoms with E-state index in [2.05, 4.69) is 0 Å². The van der Waals surface area contributed by atoms with Crippen molar-refractivity contribution in [3.05, 3.63) is 29.6 Å². The van der Waals surface area contributed by atoms with Gasteiger partial charge in [0.2, 0.25) is 0 Å². The number of carboxylic acids is 1. The molecular weight excluding hydrogens is 241 g/mol. The van der Waals surface area contributed by atoms with Crippen LogP contribution in [0.2, 0.25) is 0 Å². The smallest absolute Gasteiger partial charge is 0.337 e. The van der Waals surface area contributed by atoms with Crippen LogP contribution in [-0.4, -0.2) is 35.2 Å². The van der Waals surface area contributed by atoms with Crippen molar-refractivity contribution in [2.24, 2.45) is 0 Å². The molecule has 2 rings (SSSR count). The molecule has 1 heterocycles. The minimum Gasteiger partial charge on any atom is -0.478 e. The first-order chi connectivity index (χ1) is 8.11. The predicted octanol–water partition coefficient (Wildman–Crippen LogP) is 2.47. The Kier molecular flexibility index (Phi) is 3.57. The number of nitrogens with zero attached hydrogens (tertiary/aromatic N) is 1. The van der Waals surface area contributed by atoms with Gasteiger partial charge in [0.25, 0.3) is 0 Å². The van der Waals surface area contributed by atoms with Gasteiger partial charge in [-0.3, -0.25) is 0 Å². The molecule has 92 valence electrons. The highest BCUT2D eigenvalue weighted by molar-refractivity contribution is 7.99. The topological polar surface area (TPSA) is 40.5 Å². The average Bonchev–Trinajstić information content (AvgIpc) is 2.30. The summed E-state index contributed by atoms with van der Waals surface area (Å²) in [5.41, 5.74) is 0.275. The number of rotatable bonds is 2. The van der Waals surface area contributed by atoms with Crippen LogP contribution in [0.1, 0.15) is 17.3 Å². The summed E-state index contributed by atoms with van der Waals surface area (Å²) >= 11 is 1.81. The molecule has 1 aliphatic heterocycles. The number of aromatic carboxylic acids is 1. The zero-order chi connectivity index (χ0) is 12.4. The molecule has 1 N–H and O–H groups in total. The molecule has 1 aromatic rings. The second-order valence-corrected chi connectivity index (χ2v) is 5.21. The summed E-state index contributed by atoms with van der Waals surface area (Å²) in [5.74, 6) is 0.263. The molecule has 0 saturated carbocycles. The SMILES string of the molecule is CC1CSCCN1c1c(F)cccc1C(=O)O. The van der Waals surface area contributed by atoms with Crippen molar-refractivity contribution < 1.29 is 14.3 Å². The molecule has 3 nitrogen and oxygen atoms in total. The van der Waals surface area contributed by atoms with Crippen molar-refractivity contribution in [3.8, 4) is 0 Å². The van der Waals surface area contributed by atoms with Crippen LogP contribution < -0.4 is 4.90 Å². The van der Waals surface area contributed by atoms with Crippen LogP contribution >= 0.6 is 11.8 Å². The van der Waals surface area contributed by atoms with Gasteiger partial charge in [-0.2, -0.15) is 11.8 Å². The lowest BCUT2D eigenvalue weighted by molar-refractivity contribution is 0.0697. The molecule has 1 atom stereocenters. The molecule has 5 heteroatoms. The molecule has 0 spiro atoms. The summed E-state index contributed by atoms with van der Waals surface area (Å²) < 4.78 is 13.9. The number of anilines is 1. The van der Waals surface area contributed by atoms with Crippen LogP contribution in [0.3, 0.4) is 0 Å². The quantitative estimate of drug-likeness (QED) is 0.881. The second kappa shape index (κ2) is 4.96. The van der Waals surface area contributed by atoms with Crippen molar-refractivity contribution in [1.82, 2.24) is 0 Å². The number of carbonyl (C=O) groups is 1. The van der Waals surface area contributed by atoms with Crippen LogP contribution in [-0.2, 0) is 0 Å². The summed E-state index contributed by atoms with van der Waals surface area (Å²) in [7, 11) is 0. The van der Waals surface area contributed by atoms with E-state index >= 15 is 0 Å². The third-order valence-corrected chi connectivity index (χ3v) is 4.06. The average molecular weight is 255 g/mol. The second-order valence-electron chi connectivity index (χ2n) is 4.06. The monoisotopic (exact) mass is 255 g/mol. The fraction of sp³-hybridized carbons (Fsp3) is 0.417. The number of halogens is 1. The molecule has 0 radical (unpaired) electrons. The Balaban J connectivity index is 2.45. The van der Waals surface area contributed by atoms with Gasteiger partial charge in [-0.15, -0.1) is 0 Å². The van der Waals surface area contributed by atoms with E-state index in [1.54, 1.807) is 0 Å². The summed E-state index contributed by atoms with van der Waals surface area (Å²) in [6.45, 7) is 2.68. The fourth-order valence-electron chi connectivity index (χ4n) is 2.04. The fourth-order valence-corrected chi connectivity index (χ4v) is 3.05. The zero-order valence-corrected chi connectivity index (χ0v) is 10.3. The van der Waals surface area contributed by atoms with E-state index in [4.69, 9.17) is 5.11 Å². The third kappa shape index (κ3) is 2.39. The molecular formula is C12H14FNO2S. The number of hydrogen-bond acceptors (Lipinski definition) is 3. The zero-order valence-electron chi connectivity index (χ0n) is 9.52. The molecule has 1 aromatic carbocycles. The van der Waals surface area contributed by atoms with E-state index in [0.29, 0.717) is 6.54 Å².